The molecule has 0 saturated heterocycles. The normalized spacial score (nSPS) is 39.5. The molecule has 2 heteroatoms. The van der Waals surface area contributed by atoms with E-state index in [0.717, 1.165) is 6.42 Å². The molecule has 0 aromatic rings. The molecule has 0 radical (unpaired) electrons. The van der Waals surface area contributed by atoms with Gasteiger partial charge < -0.3 is 4.74 Å². The van der Waals surface area contributed by atoms with E-state index in [9.17, 15) is 4.79 Å². The van der Waals surface area contributed by atoms with Gasteiger partial charge in [0.1, 0.15) is 0 Å². The summed E-state index contributed by atoms with van der Waals surface area (Å²) in [4.78, 5) is 11.1. The maximum absolute atomic E-state index is 11.1. The summed E-state index contributed by atoms with van der Waals surface area (Å²) in [7, 11) is 1.47. The zero-order valence-corrected chi connectivity index (χ0v) is 6.62. The van der Waals surface area contributed by atoms with Crippen molar-refractivity contribution < 1.29 is 9.53 Å². The van der Waals surface area contributed by atoms with Gasteiger partial charge in [-0.25, -0.2) is 0 Å². The highest BCUT2D eigenvalue weighted by atomic mass is 16.5. The van der Waals surface area contributed by atoms with E-state index < -0.39 is 0 Å². The van der Waals surface area contributed by atoms with E-state index >= 15 is 0 Å². The standard InChI is InChI=1S/C9H12O2/c1-11-9(10)8-5-6-2-3-7(8)4-6/h2-3,6-8H,4-5H2,1H3/t6-,7-,8?/m0/s1. The van der Waals surface area contributed by atoms with Crippen molar-refractivity contribution in [3.8, 4) is 0 Å². The minimum atomic E-state index is -0.0261. The Hall–Kier alpha value is -0.790. The van der Waals surface area contributed by atoms with E-state index in [2.05, 4.69) is 12.2 Å². The third-order valence-corrected chi connectivity index (χ3v) is 2.78. The zero-order chi connectivity index (χ0) is 7.84. The lowest BCUT2D eigenvalue weighted by Crippen LogP contribution is -2.19. The first-order valence-electron chi connectivity index (χ1n) is 4.07. The summed E-state index contributed by atoms with van der Waals surface area (Å²) in [6, 6.07) is 0. The number of ether oxygens (including phenoxy) is 1. The molecule has 0 aliphatic heterocycles. The summed E-state index contributed by atoms with van der Waals surface area (Å²) in [6.07, 6.45) is 6.56. The Morgan fingerprint density at radius 3 is 2.73 bits per heavy atom. The van der Waals surface area contributed by atoms with Crippen molar-refractivity contribution in [1.82, 2.24) is 0 Å². The van der Waals surface area contributed by atoms with Crippen LogP contribution in [0.4, 0.5) is 0 Å². The number of esters is 1. The highest BCUT2D eigenvalue weighted by molar-refractivity contribution is 5.73. The van der Waals surface area contributed by atoms with Crippen molar-refractivity contribution in [2.75, 3.05) is 7.11 Å². The molecule has 2 bridgehead atoms. The minimum Gasteiger partial charge on any atom is -0.469 e. The monoisotopic (exact) mass is 152 g/mol. The average Bonchev–Trinajstić information content (AvgIpc) is 2.62. The van der Waals surface area contributed by atoms with Gasteiger partial charge in [0.15, 0.2) is 0 Å². The molecular formula is C9H12O2. The van der Waals surface area contributed by atoms with Gasteiger partial charge in [-0.05, 0) is 24.7 Å². The lowest BCUT2D eigenvalue weighted by atomic mass is 9.94. The molecule has 11 heavy (non-hydrogen) atoms. The predicted molar refractivity (Wildman–Crippen MR) is 40.9 cm³/mol. The van der Waals surface area contributed by atoms with Crippen molar-refractivity contribution in [3.05, 3.63) is 12.2 Å². The fraction of sp³-hybridized carbons (Fsp3) is 0.667. The molecule has 0 spiro atoms. The van der Waals surface area contributed by atoms with Gasteiger partial charge in [-0.3, -0.25) is 4.79 Å². The molecule has 1 saturated carbocycles. The molecule has 2 aliphatic rings. The first kappa shape index (κ1) is 6.89. The lowest BCUT2D eigenvalue weighted by Gasteiger charge is -2.14. The smallest absolute Gasteiger partial charge is 0.309 e. The van der Waals surface area contributed by atoms with Crippen molar-refractivity contribution >= 4 is 5.97 Å². The number of fused-ring (bicyclic) bond motifs is 2. The second-order valence-electron chi connectivity index (χ2n) is 3.41. The van der Waals surface area contributed by atoms with E-state index in [0.29, 0.717) is 11.8 Å². The molecule has 2 rings (SSSR count). The molecule has 0 N–H and O–H groups in total. The number of allylic oxidation sites excluding steroid dienone is 2. The van der Waals surface area contributed by atoms with Gasteiger partial charge in [0.2, 0.25) is 0 Å². The molecule has 2 nitrogen and oxygen atoms in total. The Morgan fingerprint density at radius 1 is 1.45 bits per heavy atom. The summed E-state index contributed by atoms with van der Waals surface area (Å²) in [5.41, 5.74) is 0. The van der Waals surface area contributed by atoms with Crippen LogP contribution in [0.2, 0.25) is 0 Å². The van der Waals surface area contributed by atoms with Crippen LogP contribution >= 0.6 is 0 Å². The first-order chi connectivity index (χ1) is 5.31. The second kappa shape index (κ2) is 2.36. The van der Waals surface area contributed by atoms with Crippen LogP contribution in [0, 0.1) is 17.8 Å². The number of methoxy groups -OCH3 is 1. The largest absolute Gasteiger partial charge is 0.469 e. The SMILES string of the molecule is COC(=O)C1C[C@H]2C=C[C@H]1C2. The third-order valence-electron chi connectivity index (χ3n) is 2.78. The third kappa shape index (κ3) is 0.971. The maximum atomic E-state index is 11.1. The molecule has 0 aromatic carbocycles. The van der Waals surface area contributed by atoms with Crippen LogP contribution in [0.3, 0.4) is 0 Å². The molecule has 1 unspecified atom stereocenters. The molecule has 0 amide bonds. The molecule has 0 aromatic heterocycles. The van der Waals surface area contributed by atoms with Crippen LogP contribution in [-0.2, 0) is 9.53 Å². The van der Waals surface area contributed by atoms with Crippen molar-refractivity contribution in [2.24, 2.45) is 17.8 Å². The van der Waals surface area contributed by atoms with Gasteiger partial charge in [0, 0.05) is 0 Å². The van der Waals surface area contributed by atoms with Gasteiger partial charge in [0.25, 0.3) is 0 Å². The van der Waals surface area contributed by atoms with E-state index in [1.54, 1.807) is 0 Å². The van der Waals surface area contributed by atoms with Crippen LogP contribution in [0.25, 0.3) is 0 Å². The molecule has 3 atom stereocenters. The average molecular weight is 152 g/mol. The summed E-state index contributed by atoms with van der Waals surface area (Å²) < 4.78 is 4.71. The fourth-order valence-electron chi connectivity index (χ4n) is 2.20. The topological polar surface area (TPSA) is 26.3 Å². The summed E-state index contributed by atoms with van der Waals surface area (Å²) in [6.45, 7) is 0. The van der Waals surface area contributed by atoms with Crippen molar-refractivity contribution in [1.29, 1.82) is 0 Å². The Bertz CT molecular complexity index is 208. The number of carbonyl (C=O) groups is 1. The Kier molecular flexibility index (Phi) is 1.48. The Morgan fingerprint density at radius 2 is 2.27 bits per heavy atom. The molecule has 1 fully saturated rings. The number of hydrogen-bond donors (Lipinski definition) is 0. The Balaban J connectivity index is 2.08. The summed E-state index contributed by atoms with van der Waals surface area (Å²) >= 11 is 0. The van der Waals surface area contributed by atoms with Crippen LogP contribution in [0.5, 0.6) is 0 Å². The molecule has 2 aliphatic carbocycles. The van der Waals surface area contributed by atoms with E-state index in [1.165, 1.54) is 13.5 Å². The highest BCUT2D eigenvalue weighted by Crippen LogP contribution is 2.43. The zero-order valence-electron chi connectivity index (χ0n) is 6.62. The summed E-state index contributed by atoms with van der Waals surface area (Å²) in [5.74, 6) is 1.27. The fourth-order valence-corrected chi connectivity index (χ4v) is 2.20. The van der Waals surface area contributed by atoms with Crippen LogP contribution < -0.4 is 0 Å². The van der Waals surface area contributed by atoms with Crippen LogP contribution in [-0.4, -0.2) is 13.1 Å². The number of rotatable bonds is 1. The van der Waals surface area contributed by atoms with Crippen molar-refractivity contribution in [2.45, 2.75) is 12.8 Å². The van der Waals surface area contributed by atoms with Crippen LogP contribution in [0.15, 0.2) is 12.2 Å². The molecule has 0 heterocycles. The van der Waals surface area contributed by atoms with Crippen molar-refractivity contribution in [3.63, 3.8) is 0 Å². The van der Waals surface area contributed by atoms with E-state index in [4.69, 9.17) is 4.74 Å². The lowest BCUT2D eigenvalue weighted by molar-refractivity contribution is -0.146. The predicted octanol–water partition coefficient (Wildman–Crippen LogP) is 1.37. The second-order valence-corrected chi connectivity index (χ2v) is 3.41. The Labute approximate surface area is 66.2 Å². The van der Waals surface area contributed by atoms with Gasteiger partial charge >= 0.3 is 5.97 Å². The first-order valence-corrected chi connectivity index (χ1v) is 4.07. The summed E-state index contributed by atoms with van der Waals surface area (Å²) in [5, 5.41) is 0. The van der Waals surface area contributed by atoms with Gasteiger partial charge in [-0.1, -0.05) is 12.2 Å². The van der Waals surface area contributed by atoms with Gasteiger partial charge in [0.05, 0.1) is 13.0 Å². The number of carbonyl (C=O) groups excluding carboxylic acids is 1. The van der Waals surface area contributed by atoms with Crippen LogP contribution in [0.1, 0.15) is 12.8 Å². The quantitative estimate of drug-likeness (QED) is 0.419. The van der Waals surface area contributed by atoms with E-state index in [-0.39, 0.29) is 11.9 Å². The van der Waals surface area contributed by atoms with Gasteiger partial charge in [-0.15, -0.1) is 0 Å². The highest BCUT2D eigenvalue weighted by Gasteiger charge is 2.40. The van der Waals surface area contributed by atoms with E-state index in [1.807, 2.05) is 0 Å². The minimum absolute atomic E-state index is 0.0261. The molecule has 60 valence electrons. The molecular weight excluding hydrogens is 140 g/mol. The maximum Gasteiger partial charge on any atom is 0.309 e. The number of hydrogen-bond acceptors (Lipinski definition) is 2. The van der Waals surface area contributed by atoms with Gasteiger partial charge in [-0.2, -0.15) is 0 Å².